The van der Waals surface area contributed by atoms with Crippen LogP contribution in [0.4, 0.5) is 0 Å². The number of imide groups is 1. The summed E-state index contributed by atoms with van der Waals surface area (Å²) in [4.78, 5) is 22.8. The molecular formula is C11H21N3O2. The number of amides is 2. The summed E-state index contributed by atoms with van der Waals surface area (Å²) in [6, 6.07) is -0.638. The van der Waals surface area contributed by atoms with Crippen molar-refractivity contribution < 1.29 is 9.59 Å². The molecular weight excluding hydrogens is 206 g/mol. The van der Waals surface area contributed by atoms with Crippen LogP contribution in [0.5, 0.6) is 0 Å². The van der Waals surface area contributed by atoms with Gasteiger partial charge in [0.25, 0.3) is 0 Å². The third-order valence-electron chi connectivity index (χ3n) is 3.32. The lowest BCUT2D eigenvalue weighted by molar-refractivity contribution is -0.131. The van der Waals surface area contributed by atoms with Crippen LogP contribution in [0.15, 0.2) is 0 Å². The van der Waals surface area contributed by atoms with E-state index in [1.54, 1.807) is 13.8 Å². The summed E-state index contributed by atoms with van der Waals surface area (Å²) in [6.45, 7) is 7.58. The average Bonchev–Trinajstić information content (AvgIpc) is 2.75. The maximum absolute atomic E-state index is 11.6. The van der Waals surface area contributed by atoms with Crippen LogP contribution < -0.4 is 16.4 Å². The quantitative estimate of drug-likeness (QED) is 0.610. The number of hydrogen-bond donors (Lipinski definition) is 3. The summed E-state index contributed by atoms with van der Waals surface area (Å²) in [5.74, 6) is 0.447. The Morgan fingerprint density at radius 1 is 1.12 bits per heavy atom. The molecule has 0 bridgehead atoms. The van der Waals surface area contributed by atoms with Crippen molar-refractivity contribution in [2.75, 3.05) is 0 Å². The zero-order valence-electron chi connectivity index (χ0n) is 10.3. The van der Waals surface area contributed by atoms with Gasteiger partial charge in [0.05, 0.1) is 12.1 Å². The van der Waals surface area contributed by atoms with Crippen molar-refractivity contribution in [3.05, 3.63) is 0 Å². The van der Waals surface area contributed by atoms with Crippen LogP contribution in [0.25, 0.3) is 0 Å². The second-order valence-corrected chi connectivity index (χ2v) is 4.77. The van der Waals surface area contributed by atoms with Crippen LogP contribution in [0.1, 0.15) is 27.7 Å². The van der Waals surface area contributed by atoms with E-state index in [4.69, 9.17) is 5.73 Å². The van der Waals surface area contributed by atoms with Gasteiger partial charge in [0.2, 0.25) is 11.8 Å². The molecule has 0 aliphatic heterocycles. The first kappa shape index (κ1) is 13.1. The number of nitrogens with two attached hydrogens (primary N) is 1. The smallest absolute Gasteiger partial charge is 0.243 e. The summed E-state index contributed by atoms with van der Waals surface area (Å²) in [7, 11) is 0. The van der Waals surface area contributed by atoms with Gasteiger partial charge >= 0.3 is 0 Å². The average molecular weight is 227 g/mol. The van der Waals surface area contributed by atoms with Crippen molar-refractivity contribution in [3.8, 4) is 0 Å². The van der Waals surface area contributed by atoms with Gasteiger partial charge in [-0.15, -0.1) is 0 Å². The molecule has 2 amide bonds. The molecule has 5 atom stereocenters. The molecule has 0 spiro atoms. The van der Waals surface area contributed by atoms with Crippen molar-refractivity contribution >= 4 is 11.8 Å². The first-order valence-corrected chi connectivity index (χ1v) is 5.71. The highest BCUT2D eigenvalue weighted by Crippen LogP contribution is 2.37. The molecule has 0 heterocycles. The molecule has 0 aromatic carbocycles. The van der Waals surface area contributed by atoms with Gasteiger partial charge in [-0.2, -0.15) is 0 Å². The number of hydrogen-bond acceptors (Lipinski definition) is 4. The fourth-order valence-corrected chi connectivity index (χ4v) is 1.67. The molecule has 1 unspecified atom stereocenters. The summed E-state index contributed by atoms with van der Waals surface area (Å²) < 4.78 is 0. The van der Waals surface area contributed by atoms with E-state index in [1.807, 2.05) is 0 Å². The van der Waals surface area contributed by atoms with Crippen molar-refractivity contribution in [3.63, 3.8) is 0 Å². The Kier molecular flexibility index (Phi) is 4.04. The highest BCUT2D eigenvalue weighted by atomic mass is 16.2. The largest absolute Gasteiger partial charge is 0.320 e. The Labute approximate surface area is 96.1 Å². The van der Waals surface area contributed by atoms with Gasteiger partial charge in [0, 0.05) is 6.04 Å². The molecule has 92 valence electrons. The van der Waals surface area contributed by atoms with E-state index in [2.05, 4.69) is 24.5 Å². The van der Waals surface area contributed by atoms with Crippen molar-refractivity contribution in [2.45, 2.75) is 45.8 Å². The first-order chi connectivity index (χ1) is 7.34. The molecule has 1 aliphatic rings. The van der Waals surface area contributed by atoms with Gasteiger partial charge in [0.1, 0.15) is 0 Å². The summed E-state index contributed by atoms with van der Waals surface area (Å²) in [5, 5.41) is 5.47. The standard InChI is InChI=1S/C11H21N3O2/c1-5-6(2)9(5)13-8(4)11(16)14-10(15)7(3)12/h5-9,13H,12H2,1-4H3,(H,14,15,16)/t5-,6+,7-,8-,9?/m0/s1. The molecule has 16 heavy (non-hydrogen) atoms. The van der Waals surface area contributed by atoms with Gasteiger partial charge in [-0.1, -0.05) is 13.8 Å². The van der Waals surface area contributed by atoms with Crippen molar-refractivity contribution in [1.29, 1.82) is 0 Å². The first-order valence-electron chi connectivity index (χ1n) is 5.71. The zero-order valence-corrected chi connectivity index (χ0v) is 10.3. The van der Waals surface area contributed by atoms with E-state index in [1.165, 1.54) is 0 Å². The normalized spacial score (nSPS) is 31.7. The second-order valence-electron chi connectivity index (χ2n) is 4.77. The van der Waals surface area contributed by atoms with Crippen LogP contribution in [-0.4, -0.2) is 29.9 Å². The van der Waals surface area contributed by atoms with Gasteiger partial charge in [-0.3, -0.25) is 14.9 Å². The molecule has 0 aromatic rings. The molecule has 1 fully saturated rings. The molecule has 1 aliphatic carbocycles. The molecule has 1 rings (SSSR count). The Balaban J connectivity index is 2.34. The zero-order chi connectivity index (χ0) is 12.5. The van der Waals surface area contributed by atoms with Crippen molar-refractivity contribution in [1.82, 2.24) is 10.6 Å². The fourth-order valence-electron chi connectivity index (χ4n) is 1.67. The lowest BCUT2D eigenvalue weighted by atomic mass is 10.2. The number of rotatable bonds is 4. The van der Waals surface area contributed by atoms with E-state index in [-0.39, 0.29) is 11.9 Å². The topological polar surface area (TPSA) is 84.2 Å². The SMILES string of the molecule is C[C@H](N)C(=O)NC(=O)[C@H](C)NC1[C@@H](C)[C@H]1C. The highest BCUT2D eigenvalue weighted by Gasteiger charge is 2.43. The van der Waals surface area contributed by atoms with Crippen LogP contribution in [-0.2, 0) is 9.59 Å². The van der Waals surface area contributed by atoms with E-state index >= 15 is 0 Å². The molecule has 5 nitrogen and oxygen atoms in total. The predicted molar refractivity (Wildman–Crippen MR) is 61.5 cm³/mol. The third-order valence-corrected chi connectivity index (χ3v) is 3.32. The van der Waals surface area contributed by atoms with Gasteiger partial charge in [0.15, 0.2) is 0 Å². The molecule has 0 saturated heterocycles. The Hall–Kier alpha value is -0.940. The number of nitrogens with one attached hydrogen (secondary N) is 2. The Morgan fingerprint density at radius 3 is 2.00 bits per heavy atom. The summed E-state index contributed by atoms with van der Waals surface area (Å²) in [6.07, 6.45) is 0. The monoisotopic (exact) mass is 227 g/mol. The van der Waals surface area contributed by atoms with E-state index in [9.17, 15) is 9.59 Å². The predicted octanol–water partition coefficient (Wildman–Crippen LogP) is -0.391. The second kappa shape index (κ2) is 4.93. The lowest BCUT2D eigenvalue weighted by Gasteiger charge is -2.14. The van der Waals surface area contributed by atoms with E-state index < -0.39 is 11.9 Å². The highest BCUT2D eigenvalue weighted by molar-refractivity contribution is 5.99. The molecule has 0 aromatic heterocycles. The summed E-state index contributed by atoms with van der Waals surface area (Å²) >= 11 is 0. The Bertz CT molecular complexity index is 283. The van der Waals surface area contributed by atoms with E-state index in [0.29, 0.717) is 17.9 Å². The molecule has 4 N–H and O–H groups in total. The van der Waals surface area contributed by atoms with Crippen LogP contribution in [0.2, 0.25) is 0 Å². The minimum absolute atomic E-state index is 0.311. The number of carbonyl (C=O) groups is 2. The van der Waals surface area contributed by atoms with Crippen LogP contribution in [0.3, 0.4) is 0 Å². The minimum Gasteiger partial charge on any atom is -0.320 e. The molecule has 5 heteroatoms. The van der Waals surface area contributed by atoms with Gasteiger partial charge < -0.3 is 11.1 Å². The van der Waals surface area contributed by atoms with Crippen molar-refractivity contribution in [2.24, 2.45) is 17.6 Å². The molecule has 1 saturated carbocycles. The minimum atomic E-state index is -0.657. The summed E-state index contributed by atoms with van der Waals surface area (Å²) in [5.41, 5.74) is 5.36. The van der Waals surface area contributed by atoms with E-state index in [0.717, 1.165) is 0 Å². The van der Waals surface area contributed by atoms with Crippen LogP contribution in [0, 0.1) is 11.8 Å². The Morgan fingerprint density at radius 2 is 1.62 bits per heavy atom. The number of carbonyl (C=O) groups excluding carboxylic acids is 2. The molecule has 0 radical (unpaired) electrons. The maximum atomic E-state index is 11.6. The fraction of sp³-hybridized carbons (Fsp3) is 0.818. The third kappa shape index (κ3) is 3.02. The lowest BCUT2D eigenvalue weighted by Crippen LogP contribution is -2.49. The van der Waals surface area contributed by atoms with Crippen LogP contribution >= 0.6 is 0 Å². The van der Waals surface area contributed by atoms with Gasteiger partial charge in [-0.05, 0) is 25.7 Å². The van der Waals surface area contributed by atoms with Gasteiger partial charge in [-0.25, -0.2) is 0 Å². The maximum Gasteiger partial charge on any atom is 0.243 e.